The van der Waals surface area contributed by atoms with E-state index in [4.69, 9.17) is 12.6 Å². The van der Waals surface area contributed by atoms with Crippen molar-refractivity contribution in [2.75, 3.05) is 5.32 Å². The predicted molar refractivity (Wildman–Crippen MR) is 152 cm³/mol. The number of aromatic hydroxyl groups is 1. The highest BCUT2D eigenvalue weighted by atomic mass is 16.5. The first-order chi connectivity index (χ1) is 19.0. The number of Topliss-reactive ketones (excluding diaryl/α,β-unsaturated/α-hetero) is 1. The lowest BCUT2D eigenvalue weighted by molar-refractivity contribution is 0.0911. The smallest absolute Gasteiger partial charge is 0.166 e. The van der Waals surface area contributed by atoms with Gasteiger partial charge in [-0.2, -0.15) is 9.61 Å². The van der Waals surface area contributed by atoms with E-state index in [2.05, 4.69) is 21.5 Å². The third-order valence-corrected chi connectivity index (χ3v) is 6.87. The molecule has 0 saturated heterocycles. The highest BCUT2D eigenvalue weighted by Crippen LogP contribution is 2.32. The number of rotatable bonds is 7. The van der Waals surface area contributed by atoms with E-state index < -0.39 is 0 Å². The number of phenolic OH excluding ortho intramolecular Hbond substituents is 1. The third-order valence-electron chi connectivity index (χ3n) is 6.87. The van der Waals surface area contributed by atoms with Gasteiger partial charge in [0.2, 0.25) is 0 Å². The molecule has 8 heteroatoms. The Hall–Kier alpha value is -4.85. The lowest BCUT2D eigenvalue weighted by Gasteiger charge is -2.22. The maximum atomic E-state index is 13.2. The molecule has 2 radical (unpaired) electrons. The van der Waals surface area contributed by atoms with Gasteiger partial charge in [0, 0.05) is 35.0 Å². The van der Waals surface area contributed by atoms with Crippen LogP contribution in [0.15, 0.2) is 103 Å². The van der Waals surface area contributed by atoms with Gasteiger partial charge >= 0.3 is 0 Å². The molecule has 5 aromatic rings. The van der Waals surface area contributed by atoms with E-state index in [1.54, 1.807) is 28.9 Å². The monoisotopic (exact) mass is 512 g/mol. The van der Waals surface area contributed by atoms with Crippen LogP contribution < -0.4 is 15.5 Å². The van der Waals surface area contributed by atoms with Crippen molar-refractivity contribution in [1.29, 1.82) is 0 Å². The number of ether oxygens (including phenoxy) is 1. The average molecular weight is 512 g/mol. The van der Waals surface area contributed by atoms with Gasteiger partial charge in [0.05, 0.1) is 5.69 Å². The van der Waals surface area contributed by atoms with Crippen LogP contribution >= 0.6 is 0 Å². The lowest BCUT2D eigenvalue weighted by Crippen LogP contribution is -2.19. The van der Waals surface area contributed by atoms with Gasteiger partial charge in [0.25, 0.3) is 0 Å². The minimum absolute atomic E-state index is 0.0916. The Bertz CT molecular complexity index is 1680. The molecule has 0 fully saturated rings. The van der Waals surface area contributed by atoms with E-state index in [9.17, 15) is 9.90 Å². The zero-order valence-electron chi connectivity index (χ0n) is 21.1. The quantitative estimate of drug-likeness (QED) is 0.216. The van der Waals surface area contributed by atoms with E-state index in [0.717, 1.165) is 17.9 Å². The van der Waals surface area contributed by atoms with E-state index in [0.29, 0.717) is 52.3 Å². The van der Waals surface area contributed by atoms with Crippen LogP contribution in [-0.4, -0.2) is 33.3 Å². The molecule has 190 valence electrons. The molecule has 39 heavy (non-hydrogen) atoms. The second-order valence-corrected chi connectivity index (χ2v) is 9.51. The number of phenols is 1. The molecule has 0 amide bonds. The van der Waals surface area contributed by atoms with Crippen molar-refractivity contribution in [2.45, 2.75) is 19.3 Å². The molecule has 1 aliphatic rings. The fraction of sp³-hybridized carbons (Fsp3) is 0.129. The first-order valence-electron chi connectivity index (χ1n) is 12.8. The fourth-order valence-electron chi connectivity index (χ4n) is 4.80. The Morgan fingerprint density at radius 1 is 1.00 bits per heavy atom. The van der Waals surface area contributed by atoms with Gasteiger partial charge in [0.15, 0.2) is 11.4 Å². The zero-order valence-corrected chi connectivity index (χ0v) is 21.1. The number of ketones is 1. The van der Waals surface area contributed by atoms with Crippen LogP contribution in [0, 0.1) is 5.92 Å². The van der Waals surface area contributed by atoms with Gasteiger partial charge in [-0.05, 0) is 73.3 Å². The first-order valence-corrected chi connectivity index (χ1v) is 12.8. The summed E-state index contributed by atoms with van der Waals surface area (Å²) in [5.41, 5.74) is 3.81. The minimum atomic E-state index is -0.0916. The van der Waals surface area contributed by atoms with Crippen molar-refractivity contribution in [3.63, 3.8) is 0 Å². The minimum Gasteiger partial charge on any atom is -0.507 e. The first kappa shape index (κ1) is 24.5. The molecule has 6 rings (SSSR count). The van der Waals surface area contributed by atoms with Crippen molar-refractivity contribution in [1.82, 2.24) is 14.6 Å². The number of anilines is 1. The van der Waals surface area contributed by atoms with Gasteiger partial charge < -0.3 is 15.2 Å². The fourth-order valence-corrected chi connectivity index (χ4v) is 4.80. The summed E-state index contributed by atoms with van der Waals surface area (Å²) < 4.78 is 7.49. The molecule has 2 aromatic heterocycles. The molecular weight excluding hydrogens is 487 g/mol. The summed E-state index contributed by atoms with van der Waals surface area (Å²) in [6, 6.07) is 25.8. The second kappa shape index (κ2) is 10.5. The number of nitrogens with zero attached hydrogens (tertiary/aromatic N) is 3. The van der Waals surface area contributed by atoms with Crippen LogP contribution in [0.5, 0.6) is 17.2 Å². The number of hydrogen-bond acceptors (Lipinski definition) is 6. The SMILES string of the molecule is [B]c1cnn2c(NC3=CCC(C(=O)c4ccc(Oc5ccccc5)cc4)CC3)cc(-c3ccccc3O)nc12. The summed E-state index contributed by atoms with van der Waals surface area (Å²) in [6.45, 7) is 0. The lowest BCUT2D eigenvalue weighted by atomic mass is 9.86. The van der Waals surface area contributed by atoms with Gasteiger partial charge in [-0.25, -0.2) is 4.98 Å². The average Bonchev–Trinajstić information content (AvgIpc) is 3.35. The summed E-state index contributed by atoms with van der Waals surface area (Å²) in [6.07, 6.45) is 5.69. The number of aromatic nitrogens is 3. The molecule has 2 N–H and O–H groups in total. The van der Waals surface area contributed by atoms with Crippen LogP contribution in [0.3, 0.4) is 0 Å². The van der Waals surface area contributed by atoms with E-state index >= 15 is 0 Å². The van der Waals surface area contributed by atoms with Gasteiger partial charge in [-0.3, -0.25) is 4.79 Å². The number of fused-ring (bicyclic) bond motifs is 1. The number of carbonyl (C=O) groups is 1. The van der Waals surface area contributed by atoms with E-state index in [1.807, 2.05) is 66.7 Å². The van der Waals surface area contributed by atoms with Crippen molar-refractivity contribution in [2.24, 2.45) is 5.92 Å². The zero-order chi connectivity index (χ0) is 26.8. The Balaban J connectivity index is 1.17. The number of allylic oxidation sites excluding steroid dienone is 2. The predicted octanol–water partition coefficient (Wildman–Crippen LogP) is 5.67. The van der Waals surface area contributed by atoms with Gasteiger partial charge in [-0.1, -0.05) is 36.4 Å². The van der Waals surface area contributed by atoms with Crippen molar-refractivity contribution in [3.05, 3.63) is 108 Å². The molecule has 1 unspecified atom stereocenters. The third kappa shape index (κ3) is 5.14. The maximum absolute atomic E-state index is 13.2. The van der Waals surface area contributed by atoms with Crippen molar-refractivity contribution < 1.29 is 14.6 Å². The topological polar surface area (TPSA) is 88.8 Å². The standard InChI is InChI=1S/C31H25BN4O3/c32-26-19-33-36-29(18-27(35-31(26)36)25-8-4-5-9-28(25)37)34-22-14-10-20(11-15-22)30(38)21-12-16-24(17-13-21)39-23-6-2-1-3-7-23/h1-9,12-14,16-20,34,37H,10-11,15H2. The van der Waals surface area contributed by atoms with Crippen LogP contribution in [0.2, 0.25) is 0 Å². The summed E-state index contributed by atoms with van der Waals surface area (Å²) >= 11 is 0. The Morgan fingerprint density at radius 3 is 2.49 bits per heavy atom. The number of hydrogen-bond donors (Lipinski definition) is 2. The van der Waals surface area contributed by atoms with Crippen LogP contribution in [0.25, 0.3) is 16.9 Å². The molecule has 2 heterocycles. The molecule has 0 bridgehead atoms. The largest absolute Gasteiger partial charge is 0.507 e. The Labute approximate surface area is 227 Å². The summed E-state index contributed by atoms with van der Waals surface area (Å²) in [5, 5.41) is 18.2. The molecule has 0 saturated carbocycles. The van der Waals surface area contributed by atoms with Gasteiger partial charge in [-0.15, -0.1) is 0 Å². The van der Waals surface area contributed by atoms with Crippen LogP contribution in [0.1, 0.15) is 29.6 Å². The second-order valence-electron chi connectivity index (χ2n) is 9.51. The summed E-state index contributed by atoms with van der Waals surface area (Å²) in [5.74, 6) is 2.30. The number of carbonyl (C=O) groups excluding carboxylic acids is 1. The molecule has 0 spiro atoms. The van der Waals surface area contributed by atoms with Crippen LogP contribution in [-0.2, 0) is 0 Å². The Morgan fingerprint density at radius 2 is 1.74 bits per heavy atom. The molecule has 3 aromatic carbocycles. The highest BCUT2D eigenvalue weighted by molar-refractivity contribution is 6.36. The van der Waals surface area contributed by atoms with Crippen LogP contribution in [0.4, 0.5) is 5.82 Å². The molecular formula is C31H25BN4O3. The van der Waals surface area contributed by atoms with Crippen molar-refractivity contribution >= 4 is 30.6 Å². The van der Waals surface area contributed by atoms with E-state index in [1.165, 1.54) is 0 Å². The molecule has 1 aliphatic carbocycles. The molecule has 1 atom stereocenters. The van der Waals surface area contributed by atoms with E-state index in [-0.39, 0.29) is 17.5 Å². The molecule has 7 nitrogen and oxygen atoms in total. The Kier molecular flexibility index (Phi) is 6.59. The number of nitrogens with one attached hydrogen (secondary N) is 1. The normalized spacial score (nSPS) is 15.1. The summed E-state index contributed by atoms with van der Waals surface area (Å²) in [7, 11) is 6.12. The molecule has 0 aliphatic heterocycles. The van der Waals surface area contributed by atoms with Crippen molar-refractivity contribution in [3.8, 4) is 28.5 Å². The summed E-state index contributed by atoms with van der Waals surface area (Å²) in [4.78, 5) is 17.8. The number of para-hydroxylation sites is 2. The highest BCUT2D eigenvalue weighted by Gasteiger charge is 2.23. The maximum Gasteiger partial charge on any atom is 0.166 e. The number of benzene rings is 3. The van der Waals surface area contributed by atoms with Gasteiger partial charge in [0.1, 0.15) is 30.9 Å².